The quantitative estimate of drug-likeness (QED) is 0.526. The van der Waals surface area contributed by atoms with Crippen LogP contribution in [0.15, 0.2) is 18.2 Å². The van der Waals surface area contributed by atoms with Crippen molar-refractivity contribution in [2.45, 2.75) is 12.6 Å². The lowest BCUT2D eigenvalue weighted by Gasteiger charge is -2.10. The van der Waals surface area contributed by atoms with Gasteiger partial charge < -0.3 is 21.1 Å². The summed E-state index contributed by atoms with van der Waals surface area (Å²) in [5.41, 5.74) is 6.63. The van der Waals surface area contributed by atoms with Gasteiger partial charge in [0, 0.05) is 5.56 Å². The van der Waals surface area contributed by atoms with Gasteiger partial charge in [-0.2, -0.15) is 0 Å². The van der Waals surface area contributed by atoms with E-state index in [1.165, 1.54) is 6.07 Å². The molecule has 0 saturated heterocycles. The zero-order valence-corrected chi connectivity index (χ0v) is 7.14. The molecule has 0 spiro atoms. The van der Waals surface area contributed by atoms with Crippen LogP contribution >= 0.6 is 0 Å². The van der Waals surface area contributed by atoms with Crippen LogP contribution in [0.3, 0.4) is 0 Å². The number of phenols is 1. The lowest BCUT2D eigenvalue weighted by molar-refractivity contribution is 0.266. The maximum absolute atomic E-state index is 9.34. The topological polar surface area (TPSA) is 86.7 Å². The molecule has 5 N–H and O–H groups in total. The van der Waals surface area contributed by atoms with Gasteiger partial charge in [0.1, 0.15) is 5.75 Å². The van der Waals surface area contributed by atoms with Gasteiger partial charge in [-0.15, -0.1) is 0 Å². The monoisotopic (exact) mass is 183 g/mol. The van der Waals surface area contributed by atoms with Crippen LogP contribution in [-0.4, -0.2) is 21.9 Å². The summed E-state index contributed by atoms with van der Waals surface area (Å²) in [4.78, 5) is 0. The van der Waals surface area contributed by atoms with Gasteiger partial charge in [0.25, 0.3) is 0 Å². The third kappa shape index (κ3) is 2.18. The van der Waals surface area contributed by atoms with Crippen molar-refractivity contribution in [3.63, 3.8) is 0 Å². The second-order valence-electron chi connectivity index (χ2n) is 2.84. The Labute approximate surface area is 76.2 Å². The van der Waals surface area contributed by atoms with E-state index >= 15 is 0 Å². The minimum atomic E-state index is -0.487. The second kappa shape index (κ2) is 4.23. The van der Waals surface area contributed by atoms with E-state index in [9.17, 15) is 5.11 Å². The average Bonchev–Trinajstić information content (AvgIpc) is 2.16. The van der Waals surface area contributed by atoms with Gasteiger partial charge in [0.05, 0.1) is 19.3 Å². The highest BCUT2D eigenvalue weighted by Crippen LogP contribution is 2.21. The normalized spacial score (nSPS) is 12.8. The van der Waals surface area contributed by atoms with Crippen molar-refractivity contribution < 1.29 is 15.3 Å². The first-order valence-electron chi connectivity index (χ1n) is 3.98. The van der Waals surface area contributed by atoms with Crippen LogP contribution in [0.5, 0.6) is 5.75 Å². The molecule has 0 saturated carbocycles. The maximum Gasteiger partial charge on any atom is 0.121 e. The minimum absolute atomic E-state index is 0.00361. The van der Waals surface area contributed by atoms with Crippen LogP contribution < -0.4 is 5.73 Å². The van der Waals surface area contributed by atoms with E-state index in [-0.39, 0.29) is 19.0 Å². The fourth-order valence-electron chi connectivity index (χ4n) is 1.05. The zero-order chi connectivity index (χ0) is 9.84. The maximum atomic E-state index is 9.34. The highest BCUT2D eigenvalue weighted by atomic mass is 16.3. The molecule has 0 bridgehead atoms. The Kier molecular flexibility index (Phi) is 3.25. The summed E-state index contributed by atoms with van der Waals surface area (Å²) in [6, 6.07) is 4.22. The first kappa shape index (κ1) is 9.98. The molecule has 0 aromatic heterocycles. The third-order valence-corrected chi connectivity index (χ3v) is 1.90. The molecule has 1 aromatic carbocycles. The van der Waals surface area contributed by atoms with E-state index in [0.717, 1.165) is 0 Å². The van der Waals surface area contributed by atoms with E-state index in [1.54, 1.807) is 12.1 Å². The van der Waals surface area contributed by atoms with E-state index in [2.05, 4.69) is 0 Å². The Morgan fingerprint density at radius 1 is 1.31 bits per heavy atom. The standard InChI is InChI=1S/C9H13NO3/c10-8(5-12)6-1-2-7(4-11)9(13)3-6/h1-3,8,11-13H,4-5,10H2. The van der Waals surface area contributed by atoms with E-state index in [4.69, 9.17) is 15.9 Å². The fourth-order valence-corrected chi connectivity index (χ4v) is 1.05. The molecule has 1 aromatic rings. The molecular weight excluding hydrogens is 170 g/mol. The number of aliphatic hydroxyl groups excluding tert-OH is 2. The molecule has 0 fully saturated rings. The molecule has 0 aliphatic heterocycles. The second-order valence-corrected chi connectivity index (χ2v) is 2.84. The van der Waals surface area contributed by atoms with Crippen LogP contribution in [0.25, 0.3) is 0 Å². The predicted molar refractivity (Wildman–Crippen MR) is 48.0 cm³/mol. The van der Waals surface area contributed by atoms with Crippen molar-refractivity contribution in [2.75, 3.05) is 6.61 Å². The summed E-state index contributed by atoms with van der Waals surface area (Å²) < 4.78 is 0. The fraction of sp³-hybridized carbons (Fsp3) is 0.333. The first-order valence-corrected chi connectivity index (χ1v) is 3.98. The Morgan fingerprint density at radius 2 is 2.00 bits per heavy atom. The summed E-state index contributed by atoms with van der Waals surface area (Å²) >= 11 is 0. The van der Waals surface area contributed by atoms with Gasteiger partial charge in [-0.25, -0.2) is 0 Å². The number of hydrogen-bond donors (Lipinski definition) is 4. The van der Waals surface area contributed by atoms with Crippen molar-refractivity contribution in [3.05, 3.63) is 29.3 Å². The lowest BCUT2D eigenvalue weighted by Crippen LogP contribution is -2.14. The molecule has 1 unspecified atom stereocenters. The number of benzene rings is 1. The molecule has 13 heavy (non-hydrogen) atoms. The van der Waals surface area contributed by atoms with Crippen molar-refractivity contribution in [1.82, 2.24) is 0 Å². The molecule has 4 nitrogen and oxygen atoms in total. The van der Waals surface area contributed by atoms with Gasteiger partial charge in [-0.1, -0.05) is 12.1 Å². The molecule has 72 valence electrons. The molecule has 0 aliphatic carbocycles. The van der Waals surface area contributed by atoms with Crippen molar-refractivity contribution >= 4 is 0 Å². The van der Waals surface area contributed by atoms with Crippen LogP contribution in [0.2, 0.25) is 0 Å². The third-order valence-electron chi connectivity index (χ3n) is 1.90. The highest BCUT2D eigenvalue weighted by molar-refractivity contribution is 5.37. The Bertz CT molecular complexity index is 288. The Morgan fingerprint density at radius 3 is 2.46 bits per heavy atom. The van der Waals surface area contributed by atoms with Gasteiger partial charge in [0.2, 0.25) is 0 Å². The number of nitrogens with two attached hydrogens (primary N) is 1. The molecule has 4 heteroatoms. The smallest absolute Gasteiger partial charge is 0.121 e. The molecular formula is C9H13NO3. The average molecular weight is 183 g/mol. The number of hydrogen-bond acceptors (Lipinski definition) is 4. The number of rotatable bonds is 3. The van der Waals surface area contributed by atoms with Crippen LogP contribution in [0, 0.1) is 0 Å². The summed E-state index contributed by atoms with van der Waals surface area (Å²) in [5, 5.41) is 26.9. The summed E-state index contributed by atoms with van der Waals surface area (Å²) in [6.45, 7) is -0.377. The van der Waals surface area contributed by atoms with E-state index in [1.807, 2.05) is 0 Å². The Balaban J connectivity index is 2.95. The molecule has 1 rings (SSSR count). The SMILES string of the molecule is NC(CO)c1ccc(CO)c(O)c1. The van der Waals surface area contributed by atoms with Crippen molar-refractivity contribution in [3.8, 4) is 5.75 Å². The van der Waals surface area contributed by atoms with Gasteiger partial charge in [0.15, 0.2) is 0 Å². The van der Waals surface area contributed by atoms with Gasteiger partial charge in [-0.05, 0) is 11.6 Å². The highest BCUT2D eigenvalue weighted by Gasteiger charge is 2.07. The number of aliphatic hydroxyl groups is 2. The zero-order valence-electron chi connectivity index (χ0n) is 7.14. The molecule has 0 radical (unpaired) electrons. The van der Waals surface area contributed by atoms with Crippen LogP contribution in [-0.2, 0) is 6.61 Å². The molecule has 0 amide bonds. The molecule has 0 aliphatic rings. The van der Waals surface area contributed by atoms with Crippen molar-refractivity contribution in [1.29, 1.82) is 0 Å². The molecule has 1 atom stereocenters. The van der Waals surface area contributed by atoms with Crippen LogP contribution in [0.1, 0.15) is 17.2 Å². The van der Waals surface area contributed by atoms with Crippen LogP contribution in [0.4, 0.5) is 0 Å². The van der Waals surface area contributed by atoms with Crippen molar-refractivity contribution in [2.24, 2.45) is 5.73 Å². The summed E-state index contributed by atoms with van der Waals surface area (Å²) in [6.07, 6.45) is 0. The van der Waals surface area contributed by atoms with E-state index < -0.39 is 6.04 Å². The predicted octanol–water partition coefficient (Wildman–Crippen LogP) is -0.123. The largest absolute Gasteiger partial charge is 0.508 e. The van der Waals surface area contributed by atoms with E-state index in [0.29, 0.717) is 11.1 Å². The summed E-state index contributed by atoms with van der Waals surface area (Å²) in [5.74, 6) is 0.00361. The number of aromatic hydroxyl groups is 1. The lowest BCUT2D eigenvalue weighted by atomic mass is 10.1. The minimum Gasteiger partial charge on any atom is -0.508 e. The van der Waals surface area contributed by atoms with Gasteiger partial charge >= 0.3 is 0 Å². The summed E-state index contributed by atoms with van der Waals surface area (Å²) in [7, 11) is 0. The first-order chi connectivity index (χ1) is 6.19. The van der Waals surface area contributed by atoms with Gasteiger partial charge in [-0.3, -0.25) is 0 Å². The molecule has 0 heterocycles. The Hall–Kier alpha value is -1.10.